The molecule has 1 atom stereocenters. The van der Waals surface area contributed by atoms with Crippen LogP contribution in [0.2, 0.25) is 10.0 Å². The van der Waals surface area contributed by atoms with Gasteiger partial charge in [-0.2, -0.15) is 0 Å². The molecule has 1 N–H and O–H groups in total. The molecule has 0 aromatic heterocycles. The minimum atomic E-state index is -3.92. The molecule has 0 saturated heterocycles. The minimum Gasteiger partial charge on any atom is -0.354 e. The second kappa shape index (κ2) is 14.2. The fourth-order valence-corrected chi connectivity index (χ4v) is 5.84. The highest BCUT2D eigenvalue weighted by molar-refractivity contribution is 9.10. The van der Waals surface area contributed by atoms with Crippen molar-refractivity contribution in [2.24, 2.45) is 0 Å². The fourth-order valence-electron chi connectivity index (χ4n) is 4.05. The van der Waals surface area contributed by atoms with E-state index in [0.717, 1.165) is 32.6 Å². The second-order valence-electron chi connectivity index (χ2n) is 9.05. The smallest absolute Gasteiger partial charge is 0.244 e. The zero-order valence-corrected chi connectivity index (χ0v) is 25.5. The lowest BCUT2D eigenvalue weighted by atomic mass is 10.0. The first-order chi connectivity index (χ1) is 18.5. The molecular weight excluding hydrogens is 625 g/mol. The lowest BCUT2D eigenvalue weighted by Gasteiger charge is -2.33. The van der Waals surface area contributed by atoms with Crippen LogP contribution < -0.4 is 9.62 Å². The first-order valence-corrected chi connectivity index (χ1v) is 15.7. The number of nitrogens with one attached hydrogen (secondary N) is 1. The number of amides is 2. The van der Waals surface area contributed by atoms with Gasteiger partial charge in [-0.1, -0.05) is 88.5 Å². The van der Waals surface area contributed by atoms with Crippen molar-refractivity contribution in [2.45, 2.75) is 32.4 Å². The second-order valence-corrected chi connectivity index (χ2v) is 12.7. The van der Waals surface area contributed by atoms with E-state index < -0.39 is 28.5 Å². The van der Waals surface area contributed by atoms with Gasteiger partial charge in [0.15, 0.2) is 0 Å². The summed E-state index contributed by atoms with van der Waals surface area (Å²) in [6, 6.07) is 20.2. The Kier molecular flexibility index (Phi) is 11.2. The Bertz CT molecular complexity index is 1390. The van der Waals surface area contributed by atoms with Crippen LogP contribution in [0.15, 0.2) is 77.3 Å². The first kappa shape index (κ1) is 30.9. The number of hydrogen-bond donors (Lipinski definition) is 1. The molecule has 0 aliphatic carbocycles. The van der Waals surface area contributed by atoms with E-state index in [1.807, 2.05) is 61.5 Å². The number of rotatable bonds is 12. The van der Waals surface area contributed by atoms with Gasteiger partial charge in [-0.15, -0.1) is 0 Å². The Labute approximate surface area is 248 Å². The topological polar surface area (TPSA) is 86.8 Å². The molecule has 7 nitrogen and oxygen atoms in total. The van der Waals surface area contributed by atoms with Crippen LogP contribution in [0.1, 0.15) is 24.5 Å². The summed E-state index contributed by atoms with van der Waals surface area (Å²) in [6.45, 7) is 1.93. The van der Waals surface area contributed by atoms with E-state index in [9.17, 15) is 18.0 Å². The number of carbonyl (C=O) groups excluding carboxylic acids is 2. The van der Waals surface area contributed by atoms with E-state index in [1.54, 1.807) is 0 Å². The molecule has 208 valence electrons. The molecule has 0 radical (unpaired) electrons. The van der Waals surface area contributed by atoms with E-state index in [0.29, 0.717) is 6.54 Å². The summed E-state index contributed by atoms with van der Waals surface area (Å²) >= 11 is 15.7. The van der Waals surface area contributed by atoms with Gasteiger partial charge < -0.3 is 10.2 Å². The highest BCUT2D eigenvalue weighted by Gasteiger charge is 2.33. The molecule has 0 heterocycles. The molecule has 3 rings (SSSR count). The van der Waals surface area contributed by atoms with Crippen LogP contribution in [-0.4, -0.2) is 50.5 Å². The molecule has 0 aliphatic heterocycles. The van der Waals surface area contributed by atoms with Gasteiger partial charge in [0.1, 0.15) is 12.6 Å². The van der Waals surface area contributed by atoms with Crippen molar-refractivity contribution in [2.75, 3.05) is 23.7 Å². The third-order valence-corrected chi connectivity index (χ3v) is 7.95. The first-order valence-electron chi connectivity index (χ1n) is 12.3. The molecule has 0 spiro atoms. The molecule has 3 aromatic rings. The number of anilines is 1. The van der Waals surface area contributed by atoms with E-state index in [1.165, 1.54) is 23.1 Å². The number of halogens is 3. The van der Waals surface area contributed by atoms with Crippen LogP contribution in [-0.2, 0) is 32.6 Å². The average Bonchev–Trinajstić information content (AvgIpc) is 2.87. The minimum absolute atomic E-state index is 0.0865. The molecule has 3 aromatic carbocycles. The Morgan fingerprint density at radius 3 is 2.18 bits per heavy atom. The van der Waals surface area contributed by atoms with Crippen molar-refractivity contribution in [3.05, 3.63) is 98.4 Å². The number of nitrogens with zero attached hydrogens (tertiary/aromatic N) is 2. The monoisotopic (exact) mass is 653 g/mol. The predicted molar refractivity (Wildman–Crippen MR) is 161 cm³/mol. The zero-order chi connectivity index (χ0) is 28.6. The van der Waals surface area contributed by atoms with Crippen LogP contribution >= 0.6 is 39.1 Å². The van der Waals surface area contributed by atoms with Crippen LogP contribution in [0.4, 0.5) is 5.69 Å². The number of hydrogen-bond acceptors (Lipinski definition) is 4. The van der Waals surface area contributed by atoms with Gasteiger partial charge in [0, 0.05) is 34.0 Å². The number of sulfonamides is 1. The maximum atomic E-state index is 14.0. The highest BCUT2D eigenvalue weighted by Crippen LogP contribution is 2.27. The van der Waals surface area contributed by atoms with Gasteiger partial charge in [0.25, 0.3) is 0 Å². The van der Waals surface area contributed by atoms with Crippen molar-refractivity contribution in [1.82, 2.24) is 10.2 Å². The fraction of sp³-hybridized carbons (Fsp3) is 0.286. The predicted octanol–water partition coefficient (Wildman–Crippen LogP) is 5.69. The molecule has 39 heavy (non-hydrogen) atoms. The van der Waals surface area contributed by atoms with Gasteiger partial charge in [-0.25, -0.2) is 8.42 Å². The van der Waals surface area contributed by atoms with Gasteiger partial charge in [0.2, 0.25) is 21.8 Å². The van der Waals surface area contributed by atoms with Crippen LogP contribution in [0.5, 0.6) is 0 Å². The maximum Gasteiger partial charge on any atom is 0.244 e. The lowest BCUT2D eigenvalue weighted by molar-refractivity contribution is -0.140. The Balaban J connectivity index is 2.06. The van der Waals surface area contributed by atoms with Gasteiger partial charge in [-0.3, -0.25) is 13.9 Å². The van der Waals surface area contributed by atoms with E-state index in [4.69, 9.17) is 23.2 Å². The van der Waals surface area contributed by atoms with Crippen LogP contribution in [0.3, 0.4) is 0 Å². The quantitative estimate of drug-likeness (QED) is 0.272. The number of carbonyl (C=O) groups is 2. The average molecular weight is 655 g/mol. The van der Waals surface area contributed by atoms with Crippen molar-refractivity contribution < 1.29 is 18.0 Å². The molecule has 11 heteroatoms. The maximum absolute atomic E-state index is 14.0. The van der Waals surface area contributed by atoms with Gasteiger partial charge in [-0.05, 0) is 47.9 Å². The number of benzene rings is 3. The van der Waals surface area contributed by atoms with Gasteiger partial charge >= 0.3 is 0 Å². The van der Waals surface area contributed by atoms with Crippen molar-refractivity contribution in [3.8, 4) is 0 Å². The van der Waals surface area contributed by atoms with Crippen molar-refractivity contribution >= 4 is 66.7 Å². The van der Waals surface area contributed by atoms with Crippen molar-refractivity contribution in [1.29, 1.82) is 0 Å². The largest absolute Gasteiger partial charge is 0.354 e. The third-order valence-electron chi connectivity index (χ3n) is 5.88. The Morgan fingerprint density at radius 2 is 1.59 bits per heavy atom. The summed E-state index contributed by atoms with van der Waals surface area (Å²) in [4.78, 5) is 28.9. The molecule has 0 aliphatic rings. The third kappa shape index (κ3) is 9.24. The zero-order valence-electron chi connectivity index (χ0n) is 21.6. The van der Waals surface area contributed by atoms with E-state index >= 15 is 0 Å². The SMILES string of the molecule is CCCNC(=O)C(Cc1ccccc1)N(Cc1cccc(Br)c1)C(=O)CN(c1cc(Cl)cc(Cl)c1)S(C)(=O)=O. The molecule has 0 fully saturated rings. The molecule has 0 bridgehead atoms. The summed E-state index contributed by atoms with van der Waals surface area (Å²) in [6.07, 6.45) is 1.97. The summed E-state index contributed by atoms with van der Waals surface area (Å²) in [5.74, 6) is -0.871. The van der Waals surface area contributed by atoms with Gasteiger partial charge in [0.05, 0.1) is 11.9 Å². The van der Waals surface area contributed by atoms with Crippen LogP contribution in [0, 0.1) is 0 Å². The molecular formula is C28H30BrCl2N3O4S. The summed E-state index contributed by atoms with van der Waals surface area (Å²) in [5, 5.41) is 3.36. The standard InChI is InChI=1S/C28H30BrCl2N3O4S/c1-3-12-32-28(36)26(14-20-8-5-4-6-9-20)33(18-21-10-7-11-22(29)13-21)27(35)19-34(39(2,37)38)25-16-23(30)15-24(31)17-25/h4-11,13,15-17,26H,3,12,14,18-19H2,1-2H3,(H,32,36). The normalized spacial score (nSPS) is 12.0. The molecule has 2 amide bonds. The molecule has 0 saturated carbocycles. The van der Waals surface area contributed by atoms with Crippen LogP contribution in [0.25, 0.3) is 0 Å². The van der Waals surface area contributed by atoms with Crippen molar-refractivity contribution in [3.63, 3.8) is 0 Å². The highest BCUT2D eigenvalue weighted by atomic mass is 79.9. The lowest BCUT2D eigenvalue weighted by Crippen LogP contribution is -2.53. The Hall–Kier alpha value is -2.59. The summed E-state index contributed by atoms with van der Waals surface area (Å²) in [5.41, 5.74) is 1.79. The Morgan fingerprint density at radius 1 is 0.949 bits per heavy atom. The molecule has 1 unspecified atom stereocenters. The summed E-state index contributed by atoms with van der Waals surface area (Å²) < 4.78 is 27.4. The van der Waals surface area contributed by atoms with E-state index in [2.05, 4.69) is 21.2 Å². The summed E-state index contributed by atoms with van der Waals surface area (Å²) in [7, 11) is -3.92. The van der Waals surface area contributed by atoms with E-state index in [-0.39, 0.29) is 34.6 Å².